The third kappa shape index (κ3) is 4.37. The van der Waals surface area contributed by atoms with Crippen LogP contribution in [0.5, 0.6) is 5.75 Å². The molecular weight excluding hydrogens is 400 g/mol. The zero-order valence-corrected chi connectivity index (χ0v) is 17.2. The van der Waals surface area contributed by atoms with Crippen LogP contribution in [-0.4, -0.2) is 12.1 Å². The van der Waals surface area contributed by atoms with Crippen molar-refractivity contribution < 1.29 is 13.9 Å². The van der Waals surface area contributed by atoms with Crippen molar-refractivity contribution in [1.29, 1.82) is 0 Å². The molecular formula is C27H20N2O3. The number of hydrogen-bond acceptors (Lipinski definition) is 4. The first-order valence-electron chi connectivity index (χ1n) is 10.3. The fourth-order valence-electron chi connectivity index (χ4n) is 3.46. The van der Waals surface area contributed by atoms with Crippen molar-refractivity contribution in [1.82, 2.24) is 5.43 Å². The lowest BCUT2D eigenvalue weighted by Gasteiger charge is -2.07. The maximum Gasteiger partial charge on any atom is 0.307 e. The highest BCUT2D eigenvalue weighted by Crippen LogP contribution is 2.19. The molecule has 156 valence electrons. The van der Waals surface area contributed by atoms with Crippen LogP contribution in [-0.2, 0) is 6.61 Å². The van der Waals surface area contributed by atoms with E-state index in [2.05, 4.69) is 40.9 Å². The normalized spacial score (nSPS) is 11.2. The number of fused-ring (bicyclic) bond motifs is 2. The number of furan rings is 1. The van der Waals surface area contributed by atoms with Crippen molar-refractivity contribution >= 4 is 33.9 Å². The lowest BCUT2D eigenvalue weighted by atomic mass is 10.1. The Labute approximate surface area is 184 Å². The Hall–Kier alpha value is -4.38. The Morgan fingerprint density at radius 3 is 2.41 bits per heavy atom. The molecule has 0 unspecified atom stereocenters. The zero-order valence-electron chi connectivity index (χ0n) is 17.2. The number of carbonyl (C=O) groups excluding carboxylic acids is 1. The van der Waals surface area contributed by atoms with E-state index in [0.29, 0.717) is 12.2 Å². The standard InChI is InChI=1S/C27H20N2O3/c30-27(26-16-23-7-3-4-8-25(23)32-26)29-28-17-19-10-13-24(14-11-19)31-18-20-9-12-21-5-1-2-6-22(21)15-20/h1-17H,18H2,(H,29,30)/b28-17+. The molecule has 0 spiro atoms. The second-order valence-electron chi connectivity index (χ2n) is 7.39. The molecule has 0 fully saturated rings. The summed E-state index contributed by atoms with van der Waals surface area (Å²) < 4.78 is 11.4. The number of hydrazone groups is 1. The van der Waals surface area contributed by atoms with Crippen molar-refractivity contribution in [3.63, 3.8) is 0 Å². The van der Waals surface area contributed by atoms with Crippen LogP contribution in [0.15, 0.2) is 107 Å². The van der Waals surface area contributed by atoms with Gasteiger partial charge in [-0.1, -0.05) is 54.6 Å². The molecule has 0 bridgehead atoms. The Morgan fingerprint density at radius 2 is 1.59 bits per heavy atom. The monoisotopic (exact) mass is 420 g/mol. The van der Waals surface area contributed by atoms with Crippen LogP contribution in [0.4, 0.5) is 0 Å². The van der Waals surface area contributed by atoms with Crippen molar-refractivity contribution in [2.45, 2.75) is 6.61 Å². The van der Waals surface area contributed by atoms with Gasteiger partial charge in [-0.15, -0.1) is 0 Å². The summed E-state index contributed by atoms with van der Waals surface area (Å²) in [5.41, 5.74) is 5.11. The van der Waals surface area contributed by atoms with E-state index in [9.17, 15) is 4.79 Å². The molecule has 0 aliphatic rings. The molecule has 5 aromatic rings. The molecule has 0 radical (unpaired) electrons. The summed E-state index contributed by atoms with van der Waals surface area (Å²) >= 11 is 0. The second kappa shape index (κ2) is 8.78. The van der Waals surface area contributed by atoms with Crippen molar-refractivity contribution in [2.75, 3.05) is 0 Å². The summed E-state index contributed by atoms with van der Waals surface area (Å²) in [7, 11) is 0. The summed E-state index contributed by atoms with van der Waals surface area (Å²) in [4.78, 5) is 12.2. The van der Waals surface area contributed by atoms with Gasteiger partial charge in [0.05, 0.1) is 6.21 Å². The van der Waals surface area contributed by atoms with Gasteiger partial charge in [0.25, 0.3) is 0 Å². The highest BCUT2D eigenvalue weighted by molar-refractivity contribution is 5.96. The van der Waals surface area contributed by atoms with Crippen LogP contribution in [0.2, 0.25) is 0 Å². The van der Waals surface area contributed by atoms with Crippen molar-refractivity contribution in [2.24, 2.45) is 5.10 Å². The Morgan fingerprint density at radius 1 is 0.844 bits per heavy atom. The number of amides is 1. The number of rotatable bonds is 6. The molecule has 0 aliphatic carbocycles. The summed E-state index contributed by atoms with van der Waals surface area (Å²) in [5, 5.41) is 7.30. The first kappa shape index (κ1) is 19.6. The number of hydrogen-bond donors (Lipinski definition) is 1. The smallest absolute Gasteiger partial charge is 0.307 e. The molecule has 5 rings (SSSR count). The van der Waals surface area contributed by atoms with Crippen LogP contribution in [0, 0.1) is 0 Å². The van der Waals surface area contributed by atoms with Gasteiger partial charge in [-0.25, -0.2) is 5.43 Å². The van der Waals surface area contributed by atoms with Crippen LogP contribution in [0.25, 0.3) is 21.7 Å². The maximum atomic E-state index is 12.2. The van der Waals surface area contributed by atoms with E-state index < -0.39 is 5.91 Å². The number of para-hydroxylation sites is 1. The summed E-state index contributed by atoms with van der Waals surface area (Å²) in [6.07, 6.45) is 1.58. The maximum absolute atomic E-state index is 12.2. The van der Waals surface area contributed by atoms with Gasteiger partial charge in [-0.3, -0.25) is 4.79 Å². The summed E-state index contributed by atoms with van der Waals surface area (Å²) in [6, 6.07) is 31.3. The van der Waals surface area contributed by atoms with Crippen LogP contribution >= 0.6 is 0 Å². The van der Waals surface area contributed by atoms with Gasteiger partial charge in [-0.2, -0.15) is 5.10 Å². The largest absolute Gasteiger partial charge is 0.489 e. The molecule has 0 atom stereocenters. The minimum Gasteiger partial charge on any atom is -0.489 e. The molecule has 5 nitrogen and oxygen atoms in total. The third-order valence-corrected chi connectivity index (χ3v) is 5.13. The number of carbonyl (C=O) groups is 1. The molecule has 1 amide bonds. The van der Waals surface area contributed by atoms with E-state index in [0.717, 1.165) is 22.3 Å². The van der Waals surface area contributed by atoms with Gasteiger partial charge < -0.3 is 9.15 Å². The van der Waals surface area contributed by atoms with E-state index in [1.165, 1.54) is 10.8 Å². The van der Waals surface area contributed by atoms with E-state index in [4.69, 9.17) is 9.15 Å². The molecule has 5 heteroatoms. The Balaban J connectivity index is 1.17. The summed E-state index contributed by atoms with van der Waals surface area (Å²) in [5.74, 6) is 0.593. The fraction of sp³-hybridized carbons (Fsp3) is 0.0370. The molecule has 1 N–H and O–H groups in total. The van der Waals surface area contributed by atoms with E-state index in [1.54, 1.807) is 12.3 Å². The van der Waals surface area contributed by atoms with Gasteiger partial charge in [-0.05, 0) is 64.4 Å². The fourth-order valence-corrected chi connectivity index (χ4v) is 3.46. The van der Waals surface area contributed by atoms with Crippen molar-refractivity contribution in [3.05, 3.63) is 114 Å². The van der Waals surface area contributed by atoms with E-state index >= 15 is 0 Å². The molecule has 1 heterocycles. The van der Waals surface area contributed by atoms with E-state index in [-0.39, 0.29) is 5.76 Å². The predicted molar refractivity (Wildman–Crippen MR) is 126 cm³/mol. The van der Waals surface area contributed by atoms with Gasteiger partial charge in [0.15, 0.2) is 5.76 Å². The lowest BCUT2D eigenvalue weighted by Crippen LogP contribution is -2.16. The summed E-state index contributed by atoms with van der Waals surface area (Å²) in [6.45, 7) is 0.492. The first-order valence-corrected chi connectivity index (χ1v) is 10.3. The Kier molecular flexibility index (Phi) is 5.37. The van der Waals surface area contributed by atoms with Crippen LogP contribution in [0.1, 0.15) is 21.7 Å². The first-order chi connectivity index (χ1) is 15.7. The number of ether oxygens (including phenoxy) is 1. The second-order valence-corrected chi connectivity index (χ2v) is 7.39. The number of nitrogens with zero attached hydrogens (tertiary/aromatic N) is 1. The SMILES string of the molecule is O=C(N/N=C/c1ccc(OCc2ccc3ccccc3c2)cc1)c1cc2ccccc2o1. The molecule has 0 aliphatic heterocycles. The van der Waals surface area contributed by atoms with Gasteiger partial charge in [0.1, 0.15) is 17.9 Å². The quantitative estimate of drug-likeness (QED) is 0.274. The van der Waals surface area contributed by atoms with Gasteiger partial charge in [0.2, 0.25) is 0 Å². The van der Waals surface area contributed by atoms with Crippen molar-refractivity contribution in [3.8, 4) is 5.75 Å². The van der Waals surface area contributed by atoms with Crippen LogP contribution < -0.4 is 10.2 Å². The third-order valence-electron chi connectivity index (χ3n) is 5.13. The highest BCUT2D eigenvalue weighted by atomic mass is 16.5. The highest BCUT2D eigenvalue weighted by Gasteiger charge is 2.10. The molecule has 0 saturated heterocycles. The molecule has 0 saturated carbocycles. The zero-order chi connectivity index (χ0) is 21.8. The molecule has 4 aromatic carbocycles. The minimum atomic E-state index is -0.396. The van der Waals surface area contributed by atoms with Gasteiger partial charge in [0, 0.05) is 5.39 Å². The topological polar surface area (TPSA) is 63.8 Å². The molecule has 32 heavy (non-hydrogen) atoms. The number of nitrogens with one attached hydrogen (secondary N) is 1. The average Bonchev–Trinajstić information content (AvgIpc) is 3.28. The Bertz CT molecular complexity index is 1390. The van der Waals surface area contributed by atoms with Gasteiger partial charge >= 0.3 is 5.91 Å². The van der Waals surface area contributed by atoms with Crippen LogP contribution in [0.3, 0.4) is 0 Å². The average molecular weight is 420 g/mol. The number of benzene rings is 4. The minimum absolute atomic E-state index is 0.223. The predicted octanol–water partition coefficient (Wildman–Crippen LogP) is 5.93. The lowest BCUT2D eigenvalue weighted by molar-refractivity contribution is 0.0929. The van der Waals surface area contributed by atoms with E-state index in [1.807, 2.05) is 60.7 Å². The molecule has 1 aromatic heterocycles.